The van der Waals surface area contributed by atoms with Crippen LogP contribution in [0.3, 0.4) is 0 Å². The van der Waals surface area contributed by atoms with Crippen LogP contribution in [0.1, 0.15) is 27.0 Å². The van der Waals surface area contributed by atoms with E-state index in [0.717, 1.165) is 18.2 Å². The summed E-state index contributed by atoms with van der Waals surface area (Å²) in [4.78, 5) is 10.6. The molecule has 5 heteroatoms. The summed E-state index contributed by atoms with van der Waals surface area (Å²) in [6.07, 6.45) is -0.903. The van der Waals surface area contributed by atoms with Crippen molar-refractivity contribution in [2.45, 2.75) is 6.18 Å². The molecule has 2 aromatic rings. The maximum Gasteiger partial charge on any atom is 0.416 e. The van der Waals surface area contributed by atoms with Gasteiger partial charge in [-0.05, 0) is 35.9 Å². The molecule has 0 amide bonds. The molecule has 0 bridgehead atoms. The molecule has 0 aromatic heterocycles. The minimum atomic E-state index is -4.38. The SMILES string of the molecule is O=Cc1ccc(F)c(/C=C/c2ccc(C(F)(F)F)cc2)c1. The fraction of sp³-hybridized carbons (Fsp3) is 0.0625. The predicted molar refractivity (Wildman–Crippen MR) is 72.2 cm³/mol. The third-order valence-electron chi connectivity index (χ3n) is 2.85. The quantitative estimate of drug-likeness (QED) is 0.450. The normalized spacial score (nSPS) is 11.8. The largest absolute Gasteiger partial charge is 0.416 e. The zero-order chi connectivity index (χ0) is 15.5. The summed E-state index contributed by atoms with van der Waals surface area (Å²) in [6, 6.07) is 8.37. The fourth-order valence-corrected chi connectivity index (χ4v) is 1.73. The van der Waals surface area contributed by atoms with Gasteiger partial charge in [-0.15, -0.1) is 0 Å². The summed E-state index contributed by atoms with van der Waals surface area (Å²) >= 11 is 0. The topological polar surface area (TPSA) is 17.1 Å². The monoisotopic (exact) mass is 294 g/mol. The van der Waals surface area contributed by atoms with E-state index < -0.39 is 17.6 Å². The molecule has 0 spiro atoms. The lowest BCUT2D eigenvalue weighted by atomic mass is 10.1. The second kappa shape index (κ2) is 5.91. The summed E-state index contributed by atoms with van der Waals surface area (Å²) in [7, 11) is 0. The molecule has 0 saturated heterocycles. The maximum absolute atomic E-state index is 13.5. The van der Waals surface area contributed by atoms with Gasteiger partial charge in [0.1, 0.15) is 12.1 Å². The molecule has 0 saturated carbocycles. The fourth-order valence-electron chi connectivity index (χ4n) is 1.73. The summed E-state index contributed by atoms with van der Waals surface area (Å²) in [5, 5.41) is 0. The lowest BCUT2D eigenvalue weighted by molar-refractivity contribution is -0.137. The average Bonchev–Trinajstić information content (AvgIpc) is 2.46. The molecule has 0 aliphatic heterocycles. The van der Waals surface area contributed by atoms with E-state index in [1.807, 2.05) is 0 Å². The minimum absolute atomic E-state index is 0.194. The van der Waals surface area contributed by atoms with Crippen molar-refractivity contribution in [2.75, 3.05) is 0 Å². The first-order valence-electron chi connectivity index (χ1n) is 6.00. The van der Waals surface area contributed by atoms with Crippen LogP contribution in [0.4, 0.5) is 17.6 Å². The Bertz CT molecular complexity index is 670. The third-order valence-corrected chi connectivity index (χ3v) is 2.85. The van der Waals surface area contributed by atoms with E-state index in [1.54, 1.807) is 0 Å². The average molecular weight is 294 g/mol. The lowest BCUT2D eigenvalue weighted by Gasteiger charge is -2.06. The van der Waals surface area contributed by atoms with Gasteiger partial charge in [0.05, 0.1) is 5.56 Å². The first kappa shape index (κ1) is 15.0. The molecule has 0 aliphatic rings. The Kier molecular flexibility index (Phi) is 4.21. The van der Waals surface area contributed by atoms with Crippen molar-refractivity contribution < 1.29 is 22.4 Å². The molecule has 2 aromatic carbocycles. The van der Waals surface area contributed by atoms with Crippen LogP contribution in [0, 0.1) is 5.82 Å². The molecule has 0 fully saturated rings. The smallest absolute Gasteiger partial charge is 0.298 e. The van der Waals surface area contributed by atoms with Gasteiger partial charge in [-0.3, -0.25) is 4.79 Å². The molecule has 0 atom stereocenters. The number of carbonyl (C=O) groups is 1. The number of carbonyl (C=O) groups excluding carboxylic acids is 1. The second-order valence-electron chi connectivity index (χ2n) is 4.35. The van der Waals surface area contributed by atoms with Crippen molar-refractivity contribution >= 4 is 18.4 Å². The Morgan fingerprint density at radius 3 is 2.05 bits per heavy atom. The first-order valence-corrected chi connectivity index (χ1v) is 6.00. The van der Waals surface area contributed by atoms with Gasteiger partial charge in [-0.25, -0.2) is 4.39 Å². The van der Waals surface area contributed by atoms with Crippen molar-refractivity contribution in [3.8, 4) is 0 Å². The van der Waals surface area contributed by atoms with Crippen LogP contribution in [0.2, 0.25) is 0 Å². The number of aldehydes is 1. The Morgan fingerprint density at radius 1 is 0.857 bits per heavy atom. The van der Waals surface area contributed by atoms with E-state index in [1.165, 1.54) is 36.4 Å². The minimum Gasteiger partial charge on any atom is -0.298 e. The predicted octanol–water partition coefficient (Wildman–Crippen LogP) is 4.83. The zero-order valence-electron chi connectivity index (χ0n) is 10.7. The second-order valence-corrected chi connectivity index (χ2v) is 4.35. The number of alkyl halides is 3. The number of halogens is 4. The van der Waals surface area contributed by atoms with Crippen LogP contribution in [0.15, 0.2) is 42.5 Å². The Labute approximate surface area is 118 Å². The molecule has 0 N–H and O–H groups in total. The summed E-state index contributed by atoms with van der Waals surface area (Å²) in [5.41, 5.74) is 0.274. The maximum atomic E-state index is 13.5. The van der Waals surface area contributed by atoms with Crippen LogP contribution in [-0.2, 0) is 6.18 Å². The van der Waals surface area contributed by atoms with Gasteiger partial charge in [-0.2, -0.15) is 13.2 Å². The van der Waals surface area contributed by atoms with E-state index in [-0.39, 0.29) is 5.56 Å². The molecule has 108 valence electrons. The van der Waals surface area contributed by atoms with E-state index in [2.05, 4.69) is 0 Å². The van der Waals surface area contributed by atoms with Crippen LogP contribution < -0.4 is 0 Å². The number of hydrogen-bond acceptors (Lipinski definition) is 1. The summed E-state index contributed by atoms with van der Waals surface area (Å²) in [5.74, 6) is -0.510. The van der Waals surface area contributed by atoms with E-state index >= 15 is 0 Å². The Balaban J connectivity index is 2.23. The highest BCUT2D eigenvalue weighted by Crippen LogP contribution is 2.29. The Hall–Kier alpha value is -2.43. The van der Waals surface area contributed by atoms with Crippen molar-refractivity contribution in [1.29, 1.82) is 0 Å². The van der Waals surface area contributed by atoms with E-state index in [9.17, 15) is 22.4 Å². The van der Waals surface area contributed by atoms with Gasteiger partial charge < -0.3 is 0 Å². The van der Waals surface area contributed by atoms with Gasteiger partial charge in [0, 0.05) is 11.1 Å². The Morgan fingerprint density at radius 2 is 1.48 bits per heavy atom. The highest BCUT2D eigenvalue weighted by molar-refractivity contribution is 5.78. The van der Waals surface area contributed by atoms with Gasteiger partial charge in [0.2, 0.25) is 0 Å². The van der Waals surface area contributed by atoms with Crippen LogP contribution in [-0.4, -0.2) is 6.29 Å². The molecule has 0 aliphatic carbocycles. The standard InChI is InChI=1S/C16H10F4O/c17-15-8-4-12(10-21)9-13(15)5-1-11-2-6-14(7-3-11)16(18,19)20/h1-10H/b5-1+. The van der Waals surface area contributed by atoms with Gasteiger partial charge in [0.25, 0.3) is 0 Å². The van der Waals surface area contributed by atoms with Crippen LogP contribution in [0.25, 0.3) is 12.2 Å². The van der Waals surface area contributed by atoms with Crippen LogP contribution in [0.5, 0.6) is 0 Å². The van der Waals surface area contributed by atoms with Gasteiger partial charge in [0.15, 0.2) is 0 Å². The molecular formula is C16H10F4O. The zero-order valence-corrected chi connectivity index (χ0v) is 10.7. The highest BCUT2D eigenvalue weighted by atomic mass is 19.4. The van der Waals surface area contributed by atoms with Gasteiger partial charge >= 0.3 is 6.18 Å². The summed E-state index contributed by atoms with van der Waals surface area (Å²) < 4.78 is 50.7. The number of rotatable bonds is 3. The van der Waals surface area contributed by atoms with Crippen molar-refractivity contribution in [3.05, 3.63) is 70.5 Å². The molecule has 0 radical (unpaired) electrons. The molecular weight excluding hydrogens is 284 g/mol. The van der Waals surface area contributed by atoms with Crippen LogP contribution >= 0.6 is 0 Å². The number of benzene rings is 2. The molecule has 2 rings (SSSR count). The highest BCUT2D eigenvalue weighted by Gasteiger charge is 2.29. The molecule has 0 unspecified atom stereocenters. The lowest BCUT2D eigenvalue weighted by Crippen LogP contribution is -2.03. The van der Waals surface area contributed by atoms with E-state index in [4.69, 9.17) is 0 Å². The molecule has 0 heterocycles. The summed E-state index contributed by atoms with van der Waals surface area (Å²) in [6.45, 7) is 0. The third kappa shape index (κ3) is 3.78. The molecule has 21 heavy (non-hydrogen) atoms. The van der Waals surface area contributed by atoms with Crippen molar-refractivity contribution in [2.24, 2.45) is 0 Å². The number of hydrogen-bond donors (Lipinski definition) is 0. The van der Waals surface area contributed by atoms with E-state index in [0.29, 0.717) is 17.4 Å². The van der Waals surface area contributed by atoms with Crippen molar-refractivity contribution in [3.63, 3.8) is 0 Å². The van der Waals surface area contributed by atoms with Crippen molar-refractivity contribution in [1.82, 2.24) is 0 Å². The first-order chi connectivity index (χ1) is 9.90. The molecule has 1 nitrogen and oxygen atoms in total. The van der Waals surface area contributed by atoms with Gasteiger partial charge in [-0.1, -0.05) is 24.3 Å².